The average Bonchev–Trinajstić information content (AvgIpc) is 3.04. The number of hydrogen-bond donors (Lipinski definition) is 2. The van der Waals surface area contributed by atoms with Crippen molar-refractivity contribution in [3.05, 3.63) is 52.3 Å². The normalized spacial score (nSPS) is 15.6. The summed E-state index contributed by atoms with van der Waals surface area (Å²) in [7, 11) is 0. The molecule has 2 aromatic rings. The summed E-state index contributed by atoms with van der Waals surface area (Å²) in [4.78, 5) is 25.4. The Bertz CT molecular complexity index is 735. The van der Waals surface area contributed by atoms with Gasteiger partial charge in [0, 0.05) is 35.3 Å². The summed E-state index contributed by atoms with van der Waals surface area (Å²) in [5, 5.41) is 7.33. The van der Waals surface area contributed by atoms with E-state index in [1.54, 1.807) is 30.3 Å². The molecular formula is C16H17ClN4O2. The summed E-state index contributed by atoms with van der Waals surface area (Å²) >= 11 is 5.94. The van der Waals surface area contributed by atoms with Crippen molar-refractivity contribution >= 4 is 23.4 Å². The SMILES string of the molecule is NC(=O)c1cc(C2CCN(C(=O)c3cccc(Cl)c3)CC2)[nH]n1. The van der Waals surface area contributed by atoms with Crippen molar-refractivity contribution in [3.8, 4) is 0 Å². The second kappa shape index (κ2) is 6.42. The average molecular weight is 333 g/mol. The Labute approximate surface area is 138 Å². The van der Waals surface area contributed by atoms with Crippen molar-refractivity contribution in [2.45, 2.75) is 18.8 Å². The van der Waals surface area contributed by atoms with E-state index in [0.717, 1.165) is 18.5 Å². The molecule has 2 heterocycles. The number of rotatable bonds is 3. The molecule has 1 aromatic carbocycles. The lowest BCUT2D eigenvalue weighted by Gasteiger charge is -2.31. The molecule has 0 radical (unpaired) electrons. The Morgan fingerprint density at radius 2 is 2.00 bits per heavy atom. The molecule has 120 valence electrons. The van der Waals surface area contributed by atoms with Crippen LogP contribution in [0.15, 0.2) is 30.3 Å². The van der Waals surface area contributed by atoms with Crippen LogP contribution in [0.5, 0.6) is 0 Å². The third-order valence-corrected chi connectivity index (χ3v) is 4.38. The second-order valence-corrected chi connectivity index (χ2v) is 6.09. The highest BCUT2D eigenvalue weighted by atomic mass is 35.5. The molecule has 7 heteroatoms. The molecule has 6 nitrogen and oxygen atoms in total. The number of nitrogens with zero attached hydrogens (tertiary/aromatic N) is 2. The van der Waals surface area contributed by atoms with Gasteiger partial charge in [-0.1, -0.05) is 17.7 Å². The first-order valence-corrected chi connectivity index (χ1v) is 7.82. The fraction of sp³-hybridized carbons (Fsp3) is 0.312. The number of primary amides is 1. The molecule has 0 unspecified atom stereocenters. The quantitative estimate of drug-likeness (QED) is 0.902. The van der Waals surface area contributed by atoms with Crippen molar-refractivity contribution in [1.29, 1.82) is 0 Å². The molecule has 1 aliphatic heterocycles. The van der Waals surface area contributed by atoms with Gasteiger partial charge in [0.2, 0.25) is 0 Å². The third-order valence-electron chi connectivity index (χ3n) is 4.14. The van der Waals surface area contributed by atoms with Crippen LogP contribution in [0, 0.1) is 0 Å². The highest BCUT2D eigenvalue weighted by Gasteiger charge is 2.26. The first kappa shape index (κ1) is 15.6. The lowest BCUT2D eigenvalue weighted by Crippen LogP contribution is -2.38. The molecule has 23 heavy (non-hydrogen) atoms. The molecule has 3 rings (SSSR count). The molecule has 1 fully saturated rings. The summed E-state index contributed by atoms with van der Waals surface area (Å²) in [5.74, 6) is -0.298. The van der Waals surface area contributed by atoms with Crippen LogP contribution in [-0.4, -0.2) is 40.0 Å². The lowest BCUT2D eigenvalue weighted by molar-refractivity contribution is 0.0712. The number of halogens is 1. The number of H-pyrrole nitrogens is 1. The van der Waals surface area contributed by atoms with Gasteiger partial charge in [0.15, 0.2) is 0 Å². The standard InChI is InChI=1S/C16H17ClN4O2/c17-12-3-1-2-11(8-12)16(23)21-6-4-10(5-7-21)13-9-14(15(18)22)20-19-13/h1-3,8-10H,4-7H2,(H2,18,22)(H,19,20). The van der Waals surface area contributed by atoms with Gasteiger partial charge in [-0.05, 0) is 37.1 Å². The summed E-state index contributed by atoms with van der Waals surface area (Å²) < 4.78 is 0. The fourth-order valence-electron chi connectivity index (χ4n) is 2.87. The van der Waals surface area contributed by atoms with Gasteiger partial charge in [-0.15, -0.1) is 0 Å². The van der Waals surface area contributed by atoms with Crippen molar-refractivity contribution in [1.82, 2.24) is 15.1 Å². The molecule has 1 saturated heterocycles. The van der Waals surface area contributed by atoms with Gasteiger partial charge in [0.05, 0.1) is 0 Å². The minimum atomic E-state index is -0.541. The smallest absolute Gasteiger partial charge is 0.269 e. The van der Waals surface area contributed by atoms with E-state index in [-0.39, 0.29) is 17.5 Å². The van der Waals surface area contributed by atoms with Gasteiger partial charge < -0.3 is 10.6 Å². The van der Waals surface area contributed by atoms with Crippen LogP contribution in [0.2, 0.25) is 5.02 Å². The van der Waals surface area contributed by atoms with Gasteiger partial charge in [0.1, 0.15) is 5.69 Å². The van der Waals surface area contributed by atoms with Crippen LogP contribution in [0.4, 0.5) is 0 Å². The number of carbonyl (C=O) groups is 2. The molecular weight excluding hydrogens is 316 g/mol. The number of benzene rings is 1. The number of aromatic amines is 1. The molecule has 0 aliphatic carbocycles. The number of carbonyl (C=O) groups excluding carboxylic acids is 2. The molecule has 0 atom stereocenters. The Balaban J connectivity index is 1.63. The maximum atomic E-state index is 12.5. The topological polar surface area (TPSA) is 92.1 Å². The van der Waals surface area contributed by atoms with Gasteiger partial charge in [0.25, 0.3) is 11.8 Å². The van der Waals surface area contributed by atoms with Gasteiger partial charge in [-0.25, -0.2) is 0 Å². The molecule has 1 aromatic heterocycles. The van der Waals surface area contributed by atoms with Crippen LogP contribution in [0.25, 0.3) is 0 Å². The van der Waals surface area contributed by atoms with E-state index in [1.807, 2.05) is 4.90 Å². The van der Waals surface area contributed by atoms with Gasteiger partial charge in [-0.3, -0.25) is 14.7 Å². The van der Waals surface area contributed by atoms with E-state index in [4.69, 9.17) is 17.3 Å². The minimum absolute atomic E-state index is 0.00612. The zero-order chi connectivity index (χ0) is 16.4. The van der Waals surface area contributed by atoms with Gasteiger partial charge in [-0.2, -0.15) is 5.10 Å². The van der Waals surface area contributed by atoms with Crippen LogP contribution in [-0.2, 0) is 0 Å². The first-order chi connectivity index (χ1) is 11.0. The number of aromatic nitrogens is 2. The summed E-state index contributed by atoms with van der Waals surface area (Å²) in [6, 6.07) is 8.68. The molecule has 0 spiro atoms. The number of likely N-dealkylation sites (tertiary alicyclic amines) is 1. The second-order valence-electron chi connectivity index (χ2n) is 5.65. The molecule has 0 saturated carbocycles. The van der Waals surface area contributed by atoms with E-state index in [9.17, 15) is 9.59 Å². The van der Waals surface area contributed by atoms with Crippen LogP contribution >= 0.6 is 11.6 Å². The molecule has 0 bridgehead atoms. The van der Waals surface area contributed by atoms with Crippen LogP contribution in [0.3, 0.4) is 0 Å². The third kappa shape index (κ3) is 3.37. The highest BCUT2D eigenvalue weighted by Crippen LogP contribution is 2.28. The maximum absolute atomic E-state index is 12.5. The Hall–Kier alpha value is -2.34. The summed E-state index contributed by atoms with van der Waals surface area (Å²) in [5.41, 5.74) is 6.96. The number of nitrogens with two attached hydrogens (primary N) is 1. The van der Waals surface area contributed by atoms with Crippen molar-refractivity contribution in [2.24, 2.45) is 5.73 Å². The zero-order valence-electron chi connectivity index (χ0n) is 12.5. The Morgan fingerprint density at radius 3 is 2.61 bits per heavy atom. The monoisotopic (exact) mass is 332 g/mol. The Kier molecular flexibility index (Phi) is 4.34. The van der Waals surface area contributed by atoms with Crippen molar-refractivity contribution in [2.75, 3.05) is 13.1 Å². The Morgan fingerprint density at radius 1 is 1.26 bits per heavy atom. The van der Waals surface area contributed by atoms with Gasteiger partial charge >= 0.3 is 0 Å². The predicted molar refractivity (Wildman–Crippen MR) is 86.4 cm³/mol. The predicted octanol–water partition coefficient (Wildman–Crippen LogP) is 2.18. The van der Waals surface area contributed by atoms with E-state index in [1.165, 1.54) is 0 Å². The number of piperidine rings is 1. The summed E-state index contributed by atoms with van der Waals surface area (Å²) in [6.45, 7) is 1.31. The van der Waals surface area contributed by atoms with E-state index in [0.29, 0.717) is 23.7 Å². The largest absolute Gasteiger partial charge is 0.364 e. The van der Waals surface area contributed by atoms with E-state index in [2.05, 4.69) is 10.2 Å². The van der Waals surface area contributed by atoms with E-state index < -0.39 is 5.91 Å². The van der Waals surface area contributed by atoms with Crippen molar-refractivity contribution < 1.29 is 9.59 Å². The molecule has 3 N–H and O–H groups in total. The minimum Gasteiger partial charge on any atom is -0.364 e. The van der Waals surface area contributed by atoms with Crippen LogP contribution < -0.4 is 5.73 Å². The first-order valence-electron chi connectivity index (χ1n) is 7.44. The fourth-order valence-corrected chi connectivity index (χ4v) is 3.06. The lowest BCUT2D eigenvalue weighted by atomic mass is 9.93. The number of nitrogens with one attached hydrogen (secondary N) is 1. The van der Waals surface area contributed by atoms with E-state index >= 15 is 0 Å². The summed E-state index contributed by atoms with van der Waals surface area (Å²) in [6.07, 6.45) is 1.62. The van der Waals surface area contributed by atoms with Crippen molar-refractivity contribution in [3.63, 3.8) is 0 Å². The highest BCUT2D eigenvalue weighted by molar-refractivity contribution is 6.30. The molecule has 2 amide bonds. The number of amides is 2. The number of hydrogen-bond acceptors (Lipinski definition) is 3. The zero-order valence-corrected chi connectivity index (χ0v) is 13.2. The molecule has 1 aliphatic rings. The maximum Gasteiger partial charge on any atom is 0.269 e. The van der Waals surface area contributed by atoms with Crippen LogP contribution in [0.1, 0.15) is 45.3 Å².